The summed E-state index contributed by atoms with van der Waals surface area (Å²) in [7, 11) is 0. The predicted molar refractivity (Wildman–Crippen MR) is 92.6 cm³/mol. The summed E-state index contributed by atoms with van der Waals surface area (Å²) in [6.45, 7) is 7.96. The SMILES string of the molecule is CCc1ccccc1NC(=O)CC(C)NCCC(C)(C)C(=O)O. The fourth-order valence-corrected chi connectivity index (χ4v) is 2.24. The van der Waals surface area contributed by atoms with Gasteiger partial charge in [0.05, 0.1) is 5.41 Å². The first-order valence-corrected chi connectivity index (χ1v) is 8.10. The average molecular weight is 320 g/mol. The standard InChI is InChI=1S/C18H28N2O3/c1-5-14-8-6-7-9-15(14)20-16(21)12-13(2)19-11-10-18(3,4)17(22)23/h6-9,13,19H,5,10-12H2,1-4H3,(H,20,21)(H,22,23). The molecule has 1 atom stereocenters. The van der Waals surface area contributed by atoms with E-state index in [2.05, 4.69) is 17.6 Å². The molecule has 0 aliphatic carbocycles. The number of carboxylic acid groups (broad SMARTS) is 1. The van der Waals surface area contributed by atoms with Crippen molar-refractivity contribution >= 4 is 17.6 Å². The number of hydrogen-bond acceptors (Lipinski definition) is 3. The normalized spacial score (nSPS) is 12.7. The second kappa shape index (κ2) is 8.67. The summed E-state index contributed by atoms with van der Waals surface area (Å²) in [6.07, 6.45) is 1.74. The summed E-state index contributed by atoms with van der Waals surface area (Å²) in [5, 5.41) is 15.2. The van der Waals surface area contributed by atoms with Crippen molar-refractivity contribution in [2.45, 2.75) is 53.0 Å². The summed E-state index contributed by atoms with van der Waals surface area (Å²) < 4.78 is 0. The van der Waals surface area contributed by atoms with Gasteiger partial charge in [0.2, 0.25) is 5.91 Å². The lowest BCUT2D eigenvalue weighted by molar-refractivity contribution is -0.147. The second-order valence-electron chi connectivity index (χ2n) is 6.56. The molecule has 0 saturated carbocycles. The van der Waals surface area contributed by atoms with Gasteiger partial charge in [0, 0.05) is 18.2 Å². The molecule has 0 spiro atoms. The molecule has 1 unspecified atom stereocenters. The van der Waals surface area contributed by atoms with Crippen molar-refractivity contribution in [3.8, 4) is 0 Å². The lowest BCUT2D eigenvalue weighted by Crippen LogP contribution is -2.35. The minimum Gasteiger partial charge on any atom is -0.481 e. The summed E-state index contributed by atoms with van der Waals surface area (Å²) in [5.74, 6) is -0.843. The van der Waals surface area contributed by atoms with Crippen molar-refractivity contribution in [2.24, 2.45) is 5.41 Å². The molecule has 1 aromatic rings. The van der Waals surface area contributed by atoms with Crippen molar-refractivity contribution in [3.63, 3.8) is 0 Å². The number of benzene rings is 1. The molecule has 5 heteroatoms. The molecular formula is C18H28N2O3. The van der Waals surface area contributed by atoms with E-state index in [9.17, 15) is 9.59 Å². The van der Waals surface area contributed by atoms with Crippen molar-refractivity contribution in [1.82, 2.24) is 5.32 Å². The van der Waals surface area contributed by atoms with Crippen LogP contribution in [0.3, 0.4) is 0 Å². The van der Waals surface area contributed by atoms with Gasteiger partial charge < -0.3 is 15.7 Å². The summed E-state index contributed by atoms with van der Waals surface area (Å²) in [6, 6.07) is 7.77. The molecule has 0 aromatic heterocycles. The zero-order valence-corrected chi connectivity index (χ0v) is 14.5. The Morgan fingerprint density at radius 1 is 1.26 bits per heavy atom. The molecule has 0 heterocycles. The molecule has 128 valence electrons. The van der Waals surface area contributed by atoms with Crippen LogP contribution >= 0.6 is 0 Å². The lowest BCUT2D eigenvalue weighted by Gasteiger charge is -2.21. The first-order chi connectivity index (χ1) is 10.8. The maximum absolute atomic E-state index is 12.1. The summed E-state index contributed by atoms with van der Waals surface area (Å²) in [5.41, 5.74) is 1.22. The van der Waals surface area contributed by atoms with Gasteiger partial charge in [0.25, 0.3) is 0 Å². The maximum atomic E-state index is 12.1. The molecule has 0 fully saturated rings. The smallest absolute Gasteiger partial charge is 0.309 e. The van der Waals surface area contributed by atoms with E-state index in [4.69, 9.17) is 5.11 Å². The van der Waals surface area contributed by atoms with Crippen molar-refractivity contribution in [3.05, 3.63) is 29.8 Å². The summed E-state index contributed by atoms with van der Waals surface area (Å²) >= 11 is 0. The van der Waals surface area contributed by atoms with E-state index in [-0.39, 0.29) is 11.9 Å². The van der Waals surface area contributed by atoms with E-state index in [0.29, 0.717) is 19.4 Å². The van der Waals surface area contributed by atoms with Gasteiger partial charge in [0.1, 0.15) is 0 Å². The highest BCUT2D eigenvalue weighted by atomic mass is 16.4. The Balaban J connectivity index is 2.41. The van der Waals surface area contributed by atoms with Crippen LogP contribution in [-0.4, -0.2) is 29.6 Å². The third-order valence-electron chi connectivity index (χ3n) is 3.99. The van der Waals surface area contributed by atoms with E-state index in [0.717, 1.165) is 17.7 Å². The van der Waals surface area contributed by atoms with Crippen LogP contribution in [-0.2, 0) is 16.0 Å². The van der Waals surface area contributed by atoms with Crippen molar-refractivity contribution < 1.29 is 14.7 Å². The quantitative estimate of drug-likeness (QED) is 0.653. The third-order valence-corrected chi connectivity index (χ3v) is 3.99. The Hall–Kier alpha value is -1.88. The number of amides is 1. The van der Waals surface area contributed by atoms with Gasteiger partial charge >= 0.3 is 5.97 Å². The van der Waals surface area contributed by atoms with E-state index < -0.39 is 11.4 Å². The topological polar surface area (TPSA) is 78.4 Å². The number of carboxylic acids is 1. The molecule has 0 bridgehead atoms. The molecule has 23 heavy (non-hydrogen) atoms. The fourth-order valence-electron chi connectivity index (χ4n) is 2.24. The molecular weight excluding hydrogens is 292 g/mol. The van der Waals surface area contributed by atoms with Crippen LogP contribution < -0.4 is 10.6 Å². The van der Waals surface area contributed by atoms with E-state index >= 15 is 0 Å². The maximum Gasteiger partial charge on any atom is 0.309 e. The molecule has 1 rings (SSSR count). The van der Waals surface area contributed by atoms with Crippen LogP contribution in [0.2, 0.25) is 0 Å². The van der Waals surface area contributed by atoms with Gasteiger partial charge in [-0.05, 0) is 51.8 Å². The lowest BCUT2D eigenvalue weighted by atomic mass is 9.89. The molecule has 0 aliphatic rings. The minimum atomic E-state index is -0.805. The number of nitrogens with one attached hydrogen (secondary N) is 2. The predicted octanol–water partition coefficient (Wildman–Crippen LogP) is 3.06. The highest BCUT2D eigenvalue weighted by Crippen LogP contribution is 2.19. The van der Waals surface area contributed by atoms with Gasteiger partial charge in [-0.1, -0.05) is 25.1 Å². The van der Waals surface area contributed by atoms with Gasteiger partial charge in [0.15, 0.2) is 0 Å². The Morgan fingerprint density at radius 3 is 2.52 bits per heavy atom. The number of aryl methyl sites for hydroxylation is 1. The number of carbonyl (C=O) groups excluding carboxylic acids is 1. The number of hydrogen-bond donors (Lipinski definition) is 3. The Kier molecular flexibility index (Phi) is 7.23. The van der Waals surface area contributed by atoms with Crippen LogP contribution in [0.5, 0.6) is 0 Å². The number of aliphatic carboxylic acids is 1. The van der Waals surface area contributed by atoms with Crippen molar-refractivity contribution in [2.75, 3.05) is 11.9 Å². The van der Waals surface area contributed by atoms with Gasteiger partial charge in [-0.2, -0.15) is 0 Å². The highest BCUT2D eigenvalue weighted by Gasteiger charge is 2.26. The Morgan fingerprint density at radius 2 is 1.91 bits per heavy atom. The Bertz CT molecular complexity index is 541. The minimum absolute atomic E-state index is 0.00613. The zero-order chi connectivity index (χ0) is 17.5. The second-order valence-corrected chi connectivity index (χ2v) is 6.56. The monoisotopic (exact) mass is 320 g/mol. The Labute approximate surface area is 138 Å². The fraction of sp³-hybridized carbons (Fsp3) is 0.556. The number of rotatable bonds is 9. The van der Waals surface area contributed by atoms with Gasteiger partial charge in [-0.15, -0.1) is 0 Å². The van der Waals surface area contributed by atoms with E-state index in [1.54, 1.807) is 13.8 Å². The van der Waals surface area contributed by atoms with Gasteiger partial charge in [-0.25, -0.2) is 0 Å². The first kappa shape index (κ1) is 19.2. The zero-order valence-electron chi connectivity index (χ0n) is 14.5. The average Bonchev–Trinajstić information content (AvgIpc) is 2.47. The van der Waals surface area contributed by atoms with Crippen LogP contribution in [0, 0.1) is 5.41 Å². The molecule has 1 aromatic carbocycles. The van der Waals surface area contributed by atoms with E-state index in [1.165, 1.54) is 0 Å². The molecule has 3 N–H and O–H groups in total. The van der Waals surface area contributed by atoms with Gasteiger partial charge in [-0.3, -0.25) is 9.59 Å². The van der Waals surface area contributed by atoms with Crippen LogP contribution in [0.4, 0.5) is 5.69 Å². The van der Waals surface area contributed by atoms with Crippen LogP contribution in [0.25, 0.3) is 0 Å². The molecule has 0 saturated heterocycles. The molecule has 5 nitrogen and oxygen atoms in total. The molecule has 0 aliphatic heterocycles. The van der Waals surface area contributed by atoms with Crippen LogP contribution in [0.1, 0.15) is 46.1 Å². The van der Waals surface area contributed by atoms with E-state index in [1.807, 2.05) is 31.2 Å². The highest BCUT2D eigenvalue weighted by molar-refractivity contribution is 5.91. The largest absolute Gasteiger partial charge is 0.481 e. The molecule has 0 radical (unpaired) electrons. The summed E-state index contributed by atoms with van der Waals surface area (Å²) in [4.78, 5) is 23.2. The third kappa shape index (κ3) is 6.40. The van der Waals surface area contributed by atoms with Crippen LogP contribution in [0.15, 0.2) is 24.3 Å². The first-order valence-electron chi connectivity index (χ1n) is 8.10. The number of carbonyl (C=O) groups is 2. The van der Waals surface area contributed by atoms with Crippen molar-refractivity contribution in [1.29, 1.82) is 0 Å². The number of para-hydroxylation sites is 1. The molecule has 1 amide bonds. The number of anilines is 1.